The Bertz CT molecular complexity index is 558. The van der Waals surface area contributed by atoms with E-state index in [1.807, 2.05) is 12.3 Å². The van der Waals surface area contributed by atoms with Crippen LogP contribution in [0.1, 0.15) is 32.6 Å². The van der Waals surface area contributed by atoms with Gasteiger partial charge in [-0.05, 0) is 40.6 Å². The van der Waals surface area contributed by atoms with E-state index in [1.165, 1.54) is 19.3 Å². The number of unbranched alkanes of at least 4 members (excludes halogenated alkanes) is 3. The molecule has 2 aromatic rings. The Labute approximate surface area is 114 Å². The van der Waals surface area contributed by atoms with Gasteiger partial charge in [0, 0.05) is 17.2 Å². The Balaban J connectivity index is 2.21. The van der Waals surface area contributed by atoms with Crippen molar-refractivity contribution in [1.82, 2.24) is 14.5 Å². The summed E-state index contributed by atoms with van der Waals surface area (Å²) in [5.41, 5.74) is 1.95. The first-order valence-corrected chi connectivity index (χ1v) is 7.16. The molecule has 0 spiro atoms. The third kappa shape index (κ3) is 2.96. The summed E-state index contributed by atoms with van der Waals surface area (Å²) in [6, 6.07) is 2.01. The van der Waals surface area contributed by atoms with Crippen LogP contribution >= 0.6 is 28.1 Å². The van der Waals surface area contributed by atoms with Crippen LogP contribution in [0.25, 0.3) is 11.2 Å². The van der Waals surface area contributed by atoms with Gasteiger partial charge in [-0.3, -0.25) is 0 Å². The van der Waals surface area contributed by atoms with E-state index in [4.69, 9.17) is 12.2 Å². The number of fused-ring (bicyclic) bond motifs is 1. The Hall–Kier alpha value is -0.680. The lowest BCUT2D eigenvalue weighted by atomic mass is 10.2. The van der Waals surface area contributed by atoms with Crippen LogP contribution in [0.15, 0.2) is 16.7 Å². The van der Waals surface area contributed by atoms with Gasteiger partial charge in [-0.15, -0.1) is 0 Å². The van der Waals surface area contributed by atoms with Crippen molar-refractivity contribution in [1.29, 1.82) is 0 Å². The SMILES string of the molecule is CCCCCCn1c(=S)[nH]c2cc(Br)cnc21. The number of halogens is 1. The highest BCUT2D eigenvalue weighted by molar-refractivity contribution is 9.10. The van der Waals surface area contributed by atoms with Crippen LogP contribution in [0.4, 0.5) is 0 Å². The van der Waals surface area contributed by atoms with E-state index in [-0.39, 0.29) is 0 Å². The zero-order valence-electron chi connectivity index (χ0n) is 9.87. The number of aryl methyl sites for hydroxylation is 1. The zero-order valence-corrected chi connectivity index (χ0v) is 12.3. The predicted octanol–water partition coefficient (Wildman–Crippen LogP) is 4.44. The van der Waals surface area contributed by atoms with E-state index in [1.54, 1.807) is 0 Å². The quantitative estimate of drug-likeness (QED) is 0.654. The monoisotopic (exact) mass is 313 g/mol. The molecule has 0 aliphatic carbocycles. The van der Waals surface area contributed by atoms with Gasteiger partial charge in [-0.1, -0.05) is 26.2 Å². The van der Waals surface area contributed by atoms with Gasteiger partial charge < -0.3 is 9.55 Å². The minimum Gasteiger partial charge on any atom is -0.329 e. The first kappa shape index (κ1) is 12.8. The van der Waals surface area contributed by atoms with Crippen molar-refractivity contribution in [2.24, 2.45) is 0 Å². The second kappa shape index (κ2) is 5.78. The van der Waals surface area contributed by atoms with Crippen LogP contribution < -0.4 is 0 Å². The fraction of sp³-hybridized carbons (Fsp3) is 0.500. The van der Waals surface area contributed by atoms with Crippen molar-refractivity contribution in [3.63, 3.8) is 0 Å². The molecule has 0 aliphatic heterocycles. The maximum atomic E-state index is 5.33. The number of H-pyrrole nitrogens is 1. The van der Waals surface area contributed by atoms with Crippen molar-refractivity contribution in [2.75, 3.05) is 0 Å². The molecule has 0 fully saturated rings. The molecule has 0 radical (unpaired) electrons. The topological polar surface area (TPSA) is 33.6 Å². The number of rotatable bonds is 5. The molecule has 17 heavy (non-hydrogen) atoms. The average molecular weight is 314 g/mol. The lowest BCUT2D eigenvalue weighted by Crippen LogP contribution is -1.99. The fourth-order valence-corrected chi connectivity index (χ4v) is 2.54. The summed E-state index contributed by atoms with van der Waals surface area (Å²) in [6.07, 6.45) is 6.76. The van der Waals surface area contributed by atoms with E-state index in [0.29, 0.717) is 0 Å². The molecular weight excluding hydrogens is 298 g/mol. The Morgan fingerprint density at radius 1 is 1.41 bits per heavy atom. The number of imidazole rings is 1. The number of nitrogens with one attached hydrogen (secondary N) is 1. The number of aromatic nitrogens is 3. The maximum absolute atomic E-state index is 5.33. The van der Waals surface area contributed by atoms with Crippen LogP contribution in [0.3, 0.4) is 0 Å². The number of aromatic amines is 1. The fourth-order valence-electron chi connectivity index (χ4n) is 1.92. The molecule has 2 aromatic heterocycles. The van der Waals surface area contributed by atoms with E-state index in [2.05, 4.69) is 37.4 Å². The van der Waals surface area contributed by atoms with Crippen molar-refractivity contribution in [2.45, 2.75) is 39.2 Å². The molecule has 3 nitrogen and oxygen atoms in total. The lowest BCUT2D eigenvalue weighted by Gasteiger charge is -2.03. The summed E-state index contributed by atoms with van der Waals surface area (Å²) in [6.45, 7) is 3.17. The second-order valence-electron chi connectivity index (χ2n) is 4.17. The normalized spacial score (nSPS) is 11.2. The summed E-state index contributed by atoms with van der Waals surface area (Å²) in [5, 5.41) is 0. The zero-order chi connectivity index (χ0) is 12.3. The number of hydrogen-bond donors (Lipinski definition) is 1. The van der Waals surface area contributed by atoms with Gasteiger partial charge in [-0.25, -0.2) is 4.98 Å². The molecule has 5 heteroatoms. The highest BCUT2D eigenvalue weighted by atomic mass is 79.9. The molecule has 2 heterocycles. The van der Waals surface area contributed by atoms with Crippen LogP contribution in [0, 0.1) is 4.77 Å². The first-order chi connectivity index (χ1) is 8.22. The average Bonchev–Trinajstić information content (AvgIpc) is 2.60. The molecule has 2 rings (SSSR count). The van der Waals surface area contributed by atoms with Crippen molar-refractivity contribution in [3.8, 4) is 0 Å². The summed E-state index contributed by atoms with van der Waals surface area (Å²) >= 11 is 8.74. The third-order valence-electron chi connectivity index (χ3n) is 2.81. The molecule has 0 amide bonds. The van der Waals surface area contributed by atoms with Crippen molar-refractivity contribution < 1.29 is 0 Å². The summed E-state index contributed by atoms with van der Waals surface area (Å²) in [7, 11) is 0. The van der Waals surface area contributed by atoms with E-state index < -0.39 is 0 Å². The third-order valence-corrected chi connectivity index (χ3v) is 3.57. The van der Waals surface area contributed by atoms with Gasteiger partial charge in [0.2, 0.25) is 0 Å². The van der Waals surface area contributed by atoms with Gasteiger partial charge >= 0.3 is 0 Å². The van der Waals surface area contributed by atoms with E-state index in [9.17, 15) is 0 Å². The summed E-state index contributed by atoms with van der Waals surface area (Å²) < 4.78 is 3.83. The van der Waals surface area contributed by atoms with Gasteiger partial charge in [-0.2, -0.15) is 0 Å². The Morgan fingerprint density at radius 3 is 3.00 bits per heavy atom. The van der Waals surface area contributed by atoms with E-state index in [0.717, 1.165) is 33.4 Å². The van der Waals surface area contributed by atoms with Gasteiger partial charge in [0.05, 0.1) is 5.52 Å². The van der Waals surface area contributed by atoms with Gasteiger partial charge in [0.25, 0.3) is 0 Å². The van der Waals surface area contributed by atoms with Crippen LogP contribution in [-0.2, 0) is 6.54 Å². The standard InChI is InChI=1S/C12H16BrN3S/c1-2-3-4-5-6-16-11-10(15-12(16)17)7-9(13)8-14-11/h7-8H,2-6H2,1H3,(H,15,17). The number of hydrogen-bond acceptors (Lipinski definition) is 2. The smallest absolute Gasteiger partial charge is 0.179 e. The number of pyridine rings is 1. The molecule has 92 valence electrons. The van der Waals surface area contributed by atoms with Crippen LogP contribution in [-0.4, -0.2) is 14.5 Å². The molecule has 1 N–H and O–H groups in total. The molecule has 0 atom stereocenters. The van der Waals surface area contributed by atoms with Crippen LogP contribution in [0.5, 0.6) is 0 Å². The van der Waals surface area contributed by atoms with Crippen molar-refractivity contribution >= 4 is 39.3 Å². The van der Waals surface area contributed by atoms with Crippen LogP contribution in [0.2, 0.25) is 0 Å². The van der Waals surface area contributed by atoms with Gasteiger partial charge in [0.15, 0.2) is 10.4 Å². The summed E-state index contributed by atoms with van der Waals surface area (Å²) in [4.78, 5) is 7.61. The Kier molecular flexibility index (Phi) is 4.34. The summed E-state index contributed by atoms with van der Waals surface area (Å²) in [5.74, 6) is 0. The Morgan fingerprint density at radius 2 is 2.24 bits per heavy atom. The molecule has 0 bridgehead atoms. The van der Waals surface area contributed by atoms with Gasteiger partial charge in [0.1, 0.15) is 0 Å². The molecule has 0 unspecified atom stereocenters. The van der Waals surface area contributed by atoms with E-state index >= 15 is 0 Å². The first-order valence-electron chi connectivity index (χ1n) is 5.96. The lowest BCUT2D eigenvalue weighted by molar-refractivity contribution is 0.585. The maximum Gasteiger partial charge on any atom is 0.179 e. The minimum absolute atomic E-state index is 0.766. The minimum atomic E-state index is 0.766. The highest BCUT2D eigenvalue weighted by Crippen LogP contribution is 2.17. The number of nitrogens with zero attached hydrogens (tertiary/aromatic N) is 2. The highest BCUT2D eigenvalue weighted by Gasteiger charge is 2.05. The molecule has 0 aliphatic rings. The second-order valence-corrected chi connectivity index (χ2v) is 5.47. The molecule has 0 saturated heterocycles. The molecular formula is C12H16BrN3S. The predicted molar refractivity (Wildman–Crippen MR) is 76.8 cm³/mol. The largest absolute Gasteiger partial charge is 0.329 e. The molecule has 0 aromatic carbocycles. The molecule has 0 saturated carbocycles. The van der Waals surface area contributed by atoms with Crippen molar-refractivity contribution in [3.05, 3.63) is 21.5 Å².